The zero-order chi connectivity index (χ0) is 18.4. The fraction of sp³-hybridized carbons (Fsp3) is 0.208. The molecule has 26 heavy (non-hydrogen) atoms. The summed E-state index contributed by atoms with van der Waals surface area (Å²) in [5.74, 6) is 0.0147. The Bertz CT molecular complexity index is 773. The van der Waals surface area contributed by atoms with Crippen molar-refractivity contribution in [2.24, 2.45) is 5.92 Å². The molecule has 0 saturated heterocycles. The first-order valence-electron chi connectivity index (χ1n) is 9.12. The molecule has 0 bridgehead atoms. The topological polar surface area (TPSA) is 29.1 Å². The van der Waals surface area contributed by atoms with Crippen LogP contribution in [0.25, 0.3) is 0 Å². The first kappa shape index (κ1) is 17.9. The molecule has 3 rings (SSSR count). The standard InChI is InChI=1S/C24H25NO/c1-18(2)23(21-16-10-5-11-17-21)25-24(26)22(19-12-6-3-7-13-19)20-14-8-4-9-15-20/h3-18,22-23H,1-2H3,(H,25,26). The minimum Gasteiger partial charge on any atom is -0.348 e. The van der Waals surface area contributed by atoms with Crippen LogP contribution >= 0.6 is 0 Å². The Morgan fingerprint density at radius 2 is 1.04 bits per heavy atom. The summed E-state index contributed by atoms with van der Waals surface area (Å²) < 4.78 is 0. The molecule has 1 atom stereocenters. The lowest BCUT2D eigenvalue weighted by Gasteiger charge is -2.26. The van der Waals surface area contributed by atoms with E-state index in [0.29, 0.717) is 5.92 Å². The van der Waals surface area contributed by atoms with Crippen molar-refractivity contribution in [2.75, 3.05) is 0 Å². The summed E-state index contributed by atoms with van der Waals surface area (Å²) in [5.41, 5.74) is 3.15. The van der Waals surface area contributed by atoms with Gasteiger partial charge in [0, 0.05) is 0 Å². The van der Waals surface area contributed by atoms with Crippen molar-refractivity contribution in [3.63, 3.8) is 0 Å². The van der Waals surface area contributed by atoms with E-state index in [1.807, 2.05) is 78.9 Å². The minimum atomic E-state index is -0.317. The quantitative estimate of drug-likeness (QED) is 0.644. The summed E-state index contributed by atoms with van der Waals surface area (Å²) in [7, 11) is 0. The predicted octanol–water partition coefficient (Wildman–Crippen LogP) is 5.33. The fourth-order valence-electron chi connectivity index (χ4n) is 3.32. The minimum absolute atomic E-state index is 0.0152. The van der Waals surface area contributed by atoms with E-state index in [-0.39, 0.29) is 17.9 Å². The lowest BCUT2D eigenvalue weighted by atomic mass is 9.89. The highest BCUT2D eigenvalue weighted by molar-refractivity contribution is 5.87. The Kier molecular flexibility index (Phi) is 5.85. The predicted molar refractivity (Wildman–Crippen MR) is 107 cm³/mol. The number of hydrogen-bond acceptors (Lipinski definition) is 1. The van der Waals surface area contributed by atoms with Gasteiger partial charge in [0.1, 0.15) is 0 Å². The van der Waals surface area contributed by atoms with Gasteiger partial charge in [0.2, 0.25) is 5.91 Å². The van der Waals surface area contributed by atoms with E-state index in [0.717, 1.165) is 16.7 Å². The second kappa shape index (κ2) is 8.48. The molecule has 1 amide bonds. The van der Waals surface area contributed by atoms with Crippen LogP contribution in [0, 0.1) is 5.92 Å². The van der Waals surface area contributed by atoms with Crippen LogP contribution in [-0.4, -0.2) is 5.91 Å². The summed E-state index contributed by atoms with van der Waals surface area (Å²) in [6.45, 7) is 4.27. The van der Waals surface area contributed by atoms with Crippen LogP contribution in [0.3, 0.4) is 0 Å². The average Bonchev–Trinajstić information content (AvgIpc) is 2.68. The molecule has 0 aliphatic heterocycles. The molecule has 0 saturated carbocycles. The van der Waals surface area contributed by atoms with Gasteiger partial charge < -0.3 is 5.32 Å². The molecule has 0 aliphatic carbocycles. The van der Waals surface area contributed by atoms with Crippen molar-refractivity contribution >= 4 is 5.91 Å². The number of benzene rings is 3. The SMILES string of the molecule is CC(C)C(NC(=O)C(c1ccccc1)c1ccccc1)c1ccccc1. The highest BCUT2D eigenvalue weighted by Gasteiger charge is 2.26. The van der Waals surface area contributed by atoms with Crippen LogP contribution in [-0.2, 0) is 4.79 Å². The van der Waals surface area contributed by atoms with Gasteiger partial charge in [-0.15, -0.1) is 0 Å². The van der Waals surface area contributed by atoms with Crippen LogP contribution in [0.2, 0.25) is 0 Å². The van der Waals surface area contributed by atoms with Gasteiger partial charge in [-0.1, -0.05) is 105 Å². The molecule has 0 aliphatic rings. The van der Waals surface area contributed by atoms with Gasteiger partial charge in [-0.25, -0.2) is 0 Å². The highest BCUT2D eigenvalue weighted by Crippen LogP contribution is 2.28. The van der Waals surface area contributed by atoms with E-state index < -0.39 is 0 Å². The van der Waals surface area contributed by atoms with E-state index in [9.17, 15) is 4.79 Å². The lowest BCUT2D eigenvalue weighted by molar-refractivity contribution is -0.122. The zero-order valence-electron chi connectivity index (χ0n) is 15.3. The molecule has 3 aromatic rings. The van der Waals surface area contributed by atoms with Crippen molar-refractivity contribution in [1.82, 2.24) is 5.32 Å². The number of carbonyl (C=O) groups is 1. The van der Waals surface area contributed by atoms with Gasteiger partial charge in [-0.3, -0.25) is 4.79 Å². The largest absolute Gasteiger partial charge is 0.348 e. The molecular formula is C24H25NO. The third-order valence-electron chi connectivity index (χ3n) is 4.65. The van der Waals surface area contributed by atoms with Crippen molar-refractivity contribution < 1.29 is 4.79 Å². The number of rotatable bonds is 6. The summed E-state index contributed by atoms with van der Waals surface area (Å²) in [4.78, 5) is 13.3. The molecule has 1 unspecified atom stereocenters. The number of carbonyl (C=O) groups excluding carboxylic acids is 1. The second-order valence-electron chi connectivity index (χ2n) is 6.90. The Hall–Kier alpha value is -2.87. The van der Waals surface area contributed by atoms with E-state index in [1.165, 1.54) is 0 Å². The van der Waals surface area contributed by atoms with Crippen LogP contribution < -0.4 is 5.32 Å². The molecule has 2 nitrogen and oxygen atoms in total. The van der Waals surface area contributed by atoms with Gasteiger partial charge in [-0.05, 0) is 22.6 Å². The second-order valence-corrected chi connectivity index (χ2v) is 6.90. The van der Waals surface area contributed by atoms with Crippen molar-refractivity contribution in [2.45, 2.75) is 25.8 Å². The normalized spacial score (nSPS) is 12.2. The van der Waals surface area contributed by atoms with E-state index in [1.54, 1.807) is 0 Å². The Balaban J connectivity index is 1.93. The highest BCUT2D eigenvalue weighted by atomic mass is 16.1. The van der Waals surface area contributed by atoms with Gasteiger partial charge in [0.25, 0.3) is 0 Å². The smallest absolute Gasteiger partial charge is 0.232 e. The van der Waals surface area contributed by atoms with Crippen molar-refractivity contribution in [1.29, 1.82) is 0 Å². The van der Waals surface area contributed by atoms with Gasteiger partial charge >= 0.3 is 0 Å². The summed E-state index contributed by atoms with van der Waals surface area (Å²) in [5, 5.41) is 3.29. The Morgan fingerprint density at radius 1 is 0.654 bits per heavy atom. The van der Waals surface area contributed by atoms with E-state index >= 15 is 0 Å². The van der Waals surface area contributed by atoms with Crippen LogP contribution in [0.5, 0.6) is 0 Å². The lowest BCUT2D eigenvalue weighted by Crippen LogP contribution is -2.35. The third-order valence-corrected chi connectivity index (χ3v) is 4.65. The summed E-state index contributed by atoms with van der Waals surface area (Å²) >= 11 is 0. The number of nitrogens with one attached hydrogen (secondary N) is 1. The molecule has 2 heteroatoms. The van der Waals surface area contributed by atoms with Crippen molar-refractivity contribution in [3.05, 3.63) is 108 Å². The molecular weight excluding hydrogens is 318 g/mol. The monoisotopic (exact) mass is 343 g/mol. The molecule has 0 heterocycles. The zero-order valence-corrected chi connectivity index (χ0v) is 15.3. The maximum absolute atomic E-state index is 13.3. The van der Waals surface area contributed by atoms with E-state index in [4.69, 9.17) is 0 Å². The average molecular weight is 343 g/mol. The van der Waals surface area contributed by atoms with Gasteiger partial charge in [0.15, 0.2) is 0 Å². The molecule has 0 spiro atoms. The maximum atomic E-state index is 13.3. The summed E-state index contributed by atoms with van der Waals surface area (Å²) in [6.07, 6.45) is 0. The molecule has 0 fully saturated rings. The molecule has 3 aromatic carbocycles. The third kappa shape index (κ3) is 4.20. The fourth-order valence-corrected chi connectivity index (χ4v) is 3.32. The van der Waals surface area contributed by atoms with Crippen molar-refractivity contribution in [3.8, 4) is 0 Å². The first-order chi connectivity index (χ1) is 12.7. The molecule has 0 aromatic heterocycles. The Morgan fingerprint density at radius 3 is 1.42 bits per heavy atom. The molecule has 1 N–H and O–H groups in total. The van der Waals surface area contributed by atoms with E-state index in [2.05, 4.69) is 31.3 Å². The number of amides is 1. The van der Waals surface area contributed by atoms with Crippen LogP contribution in [0.4, 0.5) is 0 Å². The van der Waals surface area contributed by atoms with Gasteiger partial charge in [0.05, 0.1) is 12.0 Å². The molecule has 0 radical (unpaired) electrons. The van der Waals surface area contributed by atoms with Crippen LogP contribution in [0.1, 0.15) is 42.5 Å². The number of hydrogen-bond donors (Lipinski definition) is 1. The van der Waals surface area contributed by atoms with Gasteiger partial charge in [-0.2, -0.15) is 0 Å². The maximum Gasteiger partial charge on any atom is 0.232 e. The molecule has 132 valence electrons. The first-order valence-corrected chi connectivity index (χ1v) is 9.12. The summed E-state index contributed by atoms with van der Waals surface area (Å²) in [6, 6.07) is 30.1. The Labute approximate surface area is 155 Å². The van der Waals surface area contributed by atoms with Crippen LogP contribution in [0.15, 0.2) is 91.0 Å².